The number of benzene rings is 1. The molecule has 0 saturated carbocycles. The van der Waals surface area contributed by atoms with Gasteiger partial charge in [-0.3, -0.25) is 4.79 Å². The molecule has 0 unspecified atom stereocenters. The molecule has 0 radical (unpaired) electrons. The van der Waals surface area contributed by atoms with Gasteiger partial charge in [-0.1, -0.05) is 11.6 Å². The van der Waals surface area contributed by atoms with E-state index in [-0.39, 0.29) is 0 Å². The van der Waals surface area contributed by atoms with Crippen molar-refractivity contribution in [1.82, 2.24) is 4.98 Å². The molecule has 0 saturated heterocycles. The molecule has 1 heterocycles. The van der Waals surface area contributed by atoms with Gasteiger partial charge >= 0.3 is 0 Å². The summed E-state index contributed by atoms with van der Waals surface area (Å²) in [4.78, 5) is 15.3. The Balaban J connectivity index is 2.41. The number of ether oxygens (including phenoxy) is 1. The van der Waals surface area contributed by atoms with E-state index in [4.69, 9.17) is 22.1 Å². The van der Waals surface area contributed by atoms with Crippen LogP contribution in [0.5, 0.6) is 11.6 Å². The summed E-state index contributed by atoms with van der Waals surface area (Å²) in [6.07, 6.45) is 1.50. The molecule has 4 nitrogen and oxygen atoms in total. The van der Waals surface area contributed by atoms with Gasteiger partial charge in [0.05, 0.1) is 9.50 Å². The Morgan fingerprint density at radius 3 is 2.40 bits per heavy atom. The third-order valence-corrected chi connectivity index (χ3v) is 3.49. The molecule has 1 aromatic heterocycles. The van der Waals surface area contributed by atoms with Crippen LogP contribution in [0.25, 0.3) is 0 Å². The number of nitrogens with zero attached hydrogens (tertiary/aromatic N) is 1. The van der Waals surface area contributed by atoms with E-state index >= 15 is 0 Å². The smallest absolute Gasteiger partial charge is 0.248 e. The molecule has 6 heteroatoms. The quantitative estimate of drug-likeness (QED) is 0.905. The number of halogens is 2. The fourth-order valence-corrected chi connectivity index (χ4v) is 2.55. The zero-order valence-corrected chi connectivity index (χ0v) is 13.2. The number of hydrogen-bond acceptors (Lipinski definition) is 3. The number of rotatable bonds is 3. The van der Waals surface area contributed by atoms with Crippen LogP contribution in [0.15, 0.2) is 28.9 Å². The lowest BCUT2D eigenvalue weighted by molar-refractivity contribution is 0.1000. The molecule has 0 atom stereocenters. The van der Waals surface area contributed by atoms with Crippen LogP contribution < -0.4 is 10.5 Å². The first-order valence-electron chi connectivity index (χ1n) is 5.78. The van der Waals surface area contributed by atoms with Crippen LogP contribution >= 0.6 is 27.5 Å². The summed E-state index contributed by atoms with van der Waals surface area (Å²) in [5, 5.41) is 0.516. The molecule has 0 aliphatic rings. The zero-order valence-electron chi connectivity index (χ0n) is 10.9. The standard InChI is InChI=1S/C14H12BrClN2O2/c1-7-3-9(13(17)19)4-8(2)12(7)20-14-11(15)5-10(16)6-18-14/h3-6H,1-2H3,(H2,17,19). The number of hydrogen-bond donors (Lipinski definition) is 1. The van der Waals surface area contributed by atoms with Gasteiger partial charge in [0, 0.05) is 11.8 Å². The van der Waals surface area contributed by atoms with Gasteiger partial charge in [-0.15, -0.1) is 0 Å². The first kappa shape index (κ1) is 14.8. The first-order chi connectivity index (χ1) is 9.38. The lowest BCUT2D eigenvalue weighted by Gasteiger charge is -2.13. The van der Waals surface area contributed by atoms with Gasteiger partial charge in [-0.25, -0.2) is 4.98 Å². The molecule has 0 bridgehead atoms. The highest BCUT2D eigenvalue weighted by atomic mass is 79.9. The molecular formula is C14H12BrClN2O2. The molecule has 2 rings (SSSR count). The molecule has 1 aromatic carbocycles. The fraction of sp³-hybridized carbons (Fsp3) is 0.143. The van der Waals surface area contributed by atoms with Crippen LogP contribution in [0.2, 0.25) is 5.02 Å². The number of nitrogens with two attached hydrogens (primary N) is 1. The summed E-state index contributed by atoms with van der Waals surface area (Å²) >= 11 is 9.18. The number of primary amides is 1. The Kier molecular flexibility index (Phi) is 4.30. The normalized spacial score (nSPS) is 10.4. The molecule has 0 spiro atoms. The summed E-state index contributed by atoms with van der Waals surface area (Å²) in [5.74, 6) is 0.589. The minimum atomic E-state index is -0.464. The van der Waals surface area contributed by atoms with Crippen LogP contribution in [0.3, 0.4) is 0 Å². The number of aryl methyl sites for hydroxylation is 2. The average Bonchev–Trinajstić information content (AvgIpc) is 2.35. The Hall–Kier alpha value is -1.59. The van der Waals surface area contributed by atoms with Crippen molar-refractivity contribution in [3.8, 4) is 11.6 Å². The predicted molar refractivity (Wildman–Crippen MR) is 81.5 cm³/mol. The highest BCUT2D eigenvalue weighted by Crippen LogP contribution is 2.33. The van der Waals surface area contributed by atoms with Crippen molar-refractivity contribution in [3.05, 3.63) is 50.6 Å². The molecule has 1 amide bonds. The number of carbonyl (C=O) groups is 1. The lowest BCUT2D eigenvalue weighted by Crippen LogP contribution is -2.11. The summed E-state index contributed by atoms with van der Waals surface area (Å²) in [5.41, 5.74) is 7.35. The van der Waals surface area contributed by atoms with Gasteiger partial charge < -0.3 is 10.5 Å². The van der Waals surface area contributed by atoms with Crippen molar-refractivity contribution < 1.29 is 9.53 Å². The van der Waals surface area contributed by atoms with Crippen LogP contribution in [-0.2, 0) is 0 Å². The van der Waals surface area contributed by atoms with Crippen molar-refractivity contribution in [3.63, 3.8) is 0 Å². The second-order valence-corrected chi connectivity index (χ2v) is 5.64. The number of carbonyl (C=O) groups excluding carboxylic acids is 1. The van der Waals surface area contributed by atoms with Gasteiger partial charge in [-0.2, -0.15) is 0 Å². The number of amides is 1. The highest BCUT2D eigenvalue weighted by molar-refractivity contribution is 9.10. The Morgan fingerprint density at radius 2 is 1.90 bits per heavy atom. The number of aromatic nitrogens is 1. The third-order valence-electron chi connectivity index (χ3n) is 2.72. The van der Waals surface area contributed by atoms with Crippen LogP contribution in [0.4, 0.5) is 0 Å². The molecule has 0 aliphatic carbocycles. The molecule has 2 N–H and O–H groups in total. The van der Waals surface area contributed by atoms with E-state index in [0.29, 0.717) is 26.7 Å². The Morgan fingerprint density at radius 1 is 1.30 bits per heavy atom. The molecule has 2 aromatic rings. The van der Waals surface area contributed by atoms with E-state index in [1.165, 1.54) is 6.20 Å². The SMILES string of the molecule is Cc1cc(C(N)=O)cc(C)c1Oc1ncc(Cl)cc1Br. The summed E-state index contributed by atoms with van der Waals surface area (Å²) in [6.45, 7) is 3.69. The van der Waals surface area contributed by atoms with E-state index in [9.17, 15) is 4.79 Å². The van der Waals surface area contributed by atoms with E-state index < -0.39 is 5.91 Å². The van der Waals surface area contributed by atoms with E-state index in [1.807, 2.05) is 13.8 Å². The maximum atomic E-state index is 11.2. The maximum Gasteiger partial charge on any atom is 0.248 e. The lowest BCUT2D eigenvalue weighted by atomic mass is 10.1. The van der Waals surface area contributed by atoms with Crippen molar-refractivity contribution in [2.45, 2.75) is 13.8 Å². The average molecular weight is 356 g/mol. The monoisotopic (exact) mass is 354 g/mol. The Bertz CT molecular complexity index is 666. The topological polar surface area (TPSA) is 65.2 Å². The predicted octanol–water partition coefficient (Wildman–Crippen LogP) is 4.01. The van der Waals surface area contributed by atoms with Gasteiger partial charge in [-0.05, 0) is 59.1 Å². The van der Waals surface area contributed by atoms with Gasteiger partial charge in [0.15, 0.2) is 0 Å². The largest absolute Gasteiger partial charge is 0.437 e. The van der Waals surface area contributed by atoms with Gasteiger partial charge in [0.1, 0.15) is 5.75 Å². The van der Waals surface area contributed by atoms with Crippen LogP contribution in [-0.4, -0.2) is 10.9 Å². The van der Waals surface area contributed by atoms with Gasteiger partial charge in [0.2, 0.25) is 11.8 Å². The minimum absolute atomic E-state index is 0.410. The highest BCUT2D eigenvalue weighted by Gasteiger charge is 2.12. The molecule has 20 heavy (non-hydrogen) atoms. The van der Waals surface area contributed by atoms with Crippen molar-refractivity contribution in [2.75, 3.05) is 0 Å². The second kappa shape index (κ2) is 5.81. The summed E-state index contributed by atoms with van der Waals surface area (Å²) in [7, 11) is 0. The van der Waals surface area contributed by atoms with Crippen molar-refractivity contribution in [2.24, 2.45) is 5.73 Å². The zero-order chi connectivity index (χ0) is 14.9. The van der Waals surface area contributed by atoms with Crippen molar-refractivity contribution >= 4 is 33.4 Å². The maximum absolute atomic E-state index is 11.2. The van der Waals surface area contributed by atoms with Crippen molar-refractivity contribution in [1.29, 1.82) is 0 Å². The van der Waals surface area contributed by atoms with E-state index in [2.05, 4.69) is 20.9 Å². The number of pyridine rings is 1. The van der Waals surface area contributed by atoms with E-state index in [1.54, 1.807) is 18.2 Å². The van der Waals surface area contributed by atoms with Crippen LogP contribution in [0.1, 0.15) is 21.5 Å². The molecular weight excluding hydrogens is 344 g/mol. The third kappa shape index (κ3) is 3.11. The summed E-state index contributed by atoms with van der Waals surface area (Å²) in [6, 6.07) is 5.08. The molecule has 0 aliphatic heterocycles. The second-order valence-electron chi connectivity index (χ2n) is 4.35. The first-order valence-corrected chi connectivity index (χ1v) is 6.95. The minimum Gasteiger partial charge on any atom is -0.437 e. The van der Waals surface area contributed by atoms with Crippen LogP contribution in [0, 0.1) is 13.8 Å². The van der Waals surface area contributed by atoms with E-state index in [0.717, 1.165) is 11.1 Å². The molecule has 104 valence electrons. The Labute approximate surface area is 130 Å². The van der Waals surface area contributed by atoms with Gasteiger partial charge in [0.25, 0.3) is 0 Å². The molecule has 0 fully saturated rings. The fourth-order valence-electron chi connectivity index (χ4n) is 1.83. The summed E-state index contributed by atoms with van der Waals surface area (Å²) < 4.78 is 6.45.